The molecule has 1 aliphatic carbocycles. The molecule has 6 aromatic carbocycles. The summed E-state index contributed by atoms with van der Waals surface area (Å²) in [6.07, 6.45) is 4.94. The SMILES string of the molecule is Cc1cccc(P(c2ccccc2CN[C@@H]2CCCC[C@H]2NCc2ccccc2P(c2cccc(C)c2C)c2cccc(C)c2C)c2cccc(C)c2C)c1C. The predicted molar refractivity (Wildman–Crippen MR) is 248 cm³/mol. The molecule has 4 heteroatoms. The van der Waals surface area contributed by atoms with Gasteiger partial charge in [-0.15, -0.1) is 0 Å². The highest BCUT2D eigenvalue weighted by molar-refractivity contribution is 7.80. The molecule has 0 bridgehead atoms. The molecule has 0 saturated heterocycles. The Morgan fingerprint density at radius 2 is 0.661 bits per heavy atom. The molecule has 0 aromatic heterocycles. The standard InChI is InChI=1S/C52H60N2P2/c1-35-19-15-29-47(39(35)5)55(48-30-16-20-36(2)40(48)6)51-27-13-9-23-43(51)33-53-45-25-11-12-26-46(45)54-34-44-24-10-14-28-52(44)56(49-31-17-21-37(3)41(49)7)50-32-18-22-38(4)42(50)8/h9-10,13-24,27-32,45-46,53-54H,11-12,25-26,33-34H2,1-8H3/t45-,46-/m1/s1. The molecule has 0 aliphatic heterocycles. The third kappa shape index (κ3) is 8.51. The van der Waals surface area contributed by atoms with Gasteiger partial charge in [0.05, 0.1) is 0 Å². The molecule has 7 rings (SSSR count). The van der Waals surface area contributed by atoms with Crippen molar-refractivity contribution in [3.63, 3.8) is 0 Å². The van der Waals surface area contributed by atoms with Gasteiger partial charge in [0.25, 0.3) is 0 Å². The molecular formula is C52H60N2P2. The molecule has 6 aromatic rings. The van der Waals surface area contributed by atoms with Crippen molar-refractivity contribution in [2.45, 2.75) is 106 Å². The van der Waals surface area contributed by atoms with E-state index in [1.165, 1.54) is 113 Å². The average Bonchev–Trinajstić information content (AvgIpc) is 3.21. The van der Waals surface area contributed by atoms with Gasteiger partial charge in [0.2, 0.25) is 0 Å². The van der Waals surface area contributed by atoms with Crippen molar-refractivity contribution in [2.24, 2.45) is 0 Å². The maximum Gasteiger partial charge on any atom is 0.0224 e. The minimum absolute atomic E-state index is 0.413. The van der Waals surface area contributed by atoms with Crippen molar-refractivity contribution >= 4 is 47.7 Å². The maximum atomic E-state index is 4.14. The molecule has 288 valence electrons. The van der Waals surface area contributed by atoms with Gasteiger partial charge in [-0.25, -0.2) is 0 Å². The van der Waals surface area contributed by atoms with Crippen molar-refractivity contribution in [3.05, 3.63) is 177 Å². The van der Waals surface area contributed by atoms with Crippen molar-refractivity contribution in [3.8, 4) is 0 Å². The molecule has 2 nitrogen and oxygen atoms in total. The molecule has 56 heavy (non-hydrogen) atoms. The summed E-state index contributed by atoms with van der Waals surface area (Å²) in [6.45, 7) is 20.0. The van der Waals surface area contributed by atoms with Crippen LogP contribution in [0.4, 0.5) is 0 Å². The van der Waals surface area contributed by atoms with Gasteiger partial charge in [0.15, 0.2) is 0 Å². The summed E-state index contributed by atoms with van der Waals surface area (Å²) in [5, 5.41) is 17.1. The lowest BCUT2D eigenvalue weighted by molar-refractivity contribution is 0.281. The van der Waals surface area contributed by atoms with Crippen LogP contribution in [0, 0.1) is 55.4 Å². The van der Waals surface area contributed by atoms with E-state index in [0.29, 0.717) is 12.1 Å². The van der Waals surface area contributed by atoms with Crippen LogP contribution in [0.2, 0.25) is 0 Å². The zero-order valence-corrected chi connectivity index (χ0v) is 36.6. The lowest BCUT2D eigenvalue weighted by atomic mass is 9.90. The molecule has 1 aliphatic rings. The van der Waals surface area contributed by atoms with E-state index in [0.717, 1.165) is 13.1 Å². The molecule has 2 atom stereocenters. The second-order valence-electron chi connectivity index (χ2n) is 16.1. The van der Waals surface area contributed by atoms with Gasteiger partial charge in [-0.1, -0.05) is 134 Å². The van der Waals surface area contributed by atoms with Crippen molar-refractivity contribution in [1.82, 2.24) is 10.6 Å². The predicted octanol–water partition coefficient (Wildman–Crippen LogP) is 9.86. The Balaban J connectivity index is 1.16. The normalized spacial score (nSPS) is 15.8. The van der Waals surface area contributed by atoms with Gasteiger partial charge in [0, 0.05) is 25.2 Å². The molecule has 1 saturated carbocycles. The van der Waals surface area contributed by atoms with Crippen LogP contribution in [-0.4, -0.2) is 12.1 Å². The van der Waals surface area contributed by atoms with Gasteiger partial charge >= 0.3 is 0 Å². The van der Waals surface area contributed by atoms with E-state index < -0.39 is 15.8 Å². The van der Waals surface area contributed by atoms with Crippen molar-refractivity contribution in [2.75, 3.05) is 0 Å². The first-order valence-electron chi connectivity index (χ1n) is 20.6. The Kier molecular flexibility index (Phi) is 13.1. The van der Waals surface area contributed by atoms with Crippen LogP contribution in [0.15, 0.2) is 121 Å². The van der Waals surface area contributed by atoms with Crippen LogP contribution in [0.25, 0.3) is 0 Å². The van der Waals surface area contributed by atoms with Gasteiger partial charge in [-0.05, 0) is 172 Å². The largest absolute Gasteiger partial charge is 0.308 e. The number of hydrogen-bond donors (Lipinski definition) is 2. The minimum Gasteiger partial charge on any atom is -0.308 e. The van der Waals surface area contributed by atoms with Crippen LogP contribution in [0.1, 0.15) is 81.3 Å². The van der Waals surface area contributed by atoms with Crippen LogP contribution in [0.3, 0.4) is 0 Å². The summed E-state index contributed by atoms with van der Waals surface area (Å²) in [5.74, 6) is 0. The Hall–Kier alpha value is -3.90. The third-order valence-corrected chi connectivity index (χ3v) is 18.3. The number of rotatable bonds is 12. The van der Waals surface area contributed by atoms with Crippen LogP contribution >= 0.6 is 15.8 Å². The zero-order valence-electron chi connectivity index (χ0n) is 34.8. The summed E-state index contributed by atoms with van der Waals surface area (Å²) in [4.78, 5) is 0. The number of hydrogen-bond acceptors (Lipinski definition) is 2. The molecule has 2 N–H and O–H groups in total. The second-order valence-corrected chi connectivity index (χ2v) is 20.3. The quantitative estimate of drug-likeness (QED) is 0.121. The van der Waals surface area contributed by atoms with E-state index in [2.05, 4.69) is 187 Å². The average molecular weight is 775 g/mol. The summed E-state index contributed by atoms with van der Waals surface area (Å²) in [6, 6.07) is 46.9. The summed E-state index contributed by atoms with van der Waals surface area (Å²) in [7, 11) is -1.46. The van der Waals surface area contributed by atoms with E-state index in [9.17, 15) is 0 Å². The fourth-order valence-electron chi connectivity index (χ4n) is 8.55. The summed E-state index contributed by atoms with van der Waals surface area (Å²) < 4.78 is 0. The first-order valence-corrected chi connectivity index (χ1v) is 23.3. The minimum atomic E-state index is -0.729. The topological polar surface area (TPSA) is 24.1 Å². The van der Waals surface area contributed by atoms with E-state index in [1.807, 2.05) is 0 Å². The maximum absolute atomic E-state index is 4.14. The highest BCUT2D eigenvalue weighted by Gasteiger charge is 2.28. The lowest BCUT2D eigenvalue weighted by Crippen LogP contribution is -2.49. The Labute approximate surface area is 340 Å². The number of aryl methyl sites for hydroxylation is 4. The van der Waals surface area contributed by atoms with Crippen LogP contribution < -0.4 is 42.5 Å². The van der Waals surface area contributed by atoms with Crippen LogP contribution in [-0.2, 0) is 13.1 Å². The lowest BCUT2D eigenvalue weighted by Gasteiger charge is -2.34. The highest BCUT2D eigenvalue weighted by Crippen LogP contribution is 2.39. The Bertz CT molecular complexity index is 2040. The van der Waals surface area contributed by atoms with E-state index in [1.54, 1.807) is 0 Å². The van der Waals surface area contributed by atoms with E-state index >= 15 is 0 Å². The van der Waals surface area contributed by atoms with Gasteiger partial charge < -0.3 is 10.6 Å². The van der Waals surface area contributed by atoms with Gasteiger partial charge in [0.1, 0.15) is 0 Å². The highest BCUT2D eigenvalue weighted by atomic mass is 31.1. The van der Waals surface area contributed by atoms with E-state index in [-0.39, 0.29) is 0 Å². The Morgan fingerprint density at radius 3 is 0.982 bits per heavy atom. The molecule has 0 amide bonds. The fourth-order valence-corrected chi connectivity index (χ4v) is 14.4. The summed E-state index contributed by atoms with van der Waals surface area (Å²) >= 11 is 0. The second kappa shape index (κ2) is 18.1. The first-order chi connectivity index (χ1) is 27.1. The number of nitrogens with one attached hydrogen (secondary N) is 2. The Morgan fingerprint density at radius 1 is 0.375 bits per heavy atom. The smallest absolute Gasteiger partial charge is 0.0224 e. The first kappa shape index (κ1) is 40.3. The van der Waals surface area contributed by atoms with Crippen LogP contribution in [0.5, 0.6) is 0 Å². The zero-order chi connectivity index (χ0) is 39.3. The van der Waals surface area contributed by atoms with Gasteiger partial charge in [-0.2, -0.15) is 0 Å². The molecule has 0 spiro atoms. The molecule has 1 fully saturated rings. The van der Waals surface area contributed by atoms with Crippen molar-refractivity contribution in [1.29, 1.82) is 0 Å². The fraction of sp³-hybridized carbons (Fsp3) is 0.308. The third-order valence-electron chi connectivity index (χ3n) is 12.6. The molecule has 0 radical (unpaired) electrons. The molecular weight excluding hydrogens is 715 g/mol. The molecule has 0 heterocycles. The summed E-state index contributed by atoms with van der Waals surface area (Å²) in [5.41, 5.74) is 14.0. The van der Waals surface area contributed by atoms with Gasteiger partial charge in [-0.3, -0.25) is 0 Å². The molecule has 0 unspecified atom stereocenters. The monoisotopic (exact) mass is 774 g/mol. The van der Waals surface area contributed by atoms with E-state index in [4.69, 9.17) is 0 Å². The van der Waals surface area contributed by atoms with Crippen molar-refractivity contribution < 1.29 is 0 Å². The number of benzene rings is 6.